The number of hydrogen-bond acceptors (Lipinski definition) is 4. The summed E-state index contributed by atoms with van der Waals surface area (Å²) in [6.45, 7) is 2.29. The Morgan fingerprint density at radius 1 is 0.439 bits per heavy atom. The molecule has 3 aromatic heterocycles. The molecule has 4 heterocycles. The summed E-state index contributed by atoms with van der Waals surface area (Å²) in [5.74, 6) is 0.680. The minimum atomic E-state index is 0.0210. The van der Waals surface area contributed by atoms with Crippen molar-refractivity contribution in [3.8, 4) is 5.69 Å². The van der Waals surface area contributed by atoms with Crippen molar-refractivity contribution in [2.75, 3.05) is 0 Å². The number of amidine groups is 1. The van der Waals surface area contributed by atoms with Crippen molar-refractivity contribution < 1.29 is 8.83 Å². The smallest absolute Gasteiger partial charge is 0.160 e. The van der Waals surface area contributed by atoms with Crippen molar-refractivity contribution in [1.29, 1.82) is 0 Å². The van der Waals surface area contributed by atoms with Crippen LogP contribution in [0.15, 0.2) is 219 Å². The highest BCUT2D eigenvalue weighted by Crippen LogP contribution is 2.43. The number of aromatic nitrogens is 1. The summed E-state index contributed by atoms with van der Waals surface area (Å²) in [7, 11) is 0. The zero-order valence-electron chi connectivity index (χ0n) is 36.0. The van der Waals surface area contributed by atoms with E-state index in [4.69, 9.17) is 18.8 Å². The Hall–Kier alpha value is -8.54. The van der Waals surface area contributed by atoms with Crippen LogP contribution in [0, 0.1) is 5.92 Å². The van der Waals surface area contributed by atoms with Gasteiger partial charge in [0.2, 0.25) is 0 Å². The van der Waals surface area contributed by atoms with E-state index >= 15 is 0 Å². The van der Waals surface area contributed by atoms with Gasteiger partial charge >= 0.3 is 0 Å². The molecule has 1 aliphatic rings. The Balaban J connectivity index is 1.09. The first-order valence-corrected chi connectivity index (χ1v) is 22.7. The van der Waals surface area contributed by atoms with Gasteiger partial charge in [0.15, 0.2) is 5.84 Å². The molecular formula is C61H39N3O2. The number of para-hydroxylation sites is 2. The number of hydrogen-bond donors (Lipinski definition) is 0. The average molecular weight is 846 g/mol. The molecule has 1 unspecified atom stereocenters. The van der Waals surface area contributed by atoms with Gasteiger partial charge in [0.05, 0.1) is 28.1 Å². The van der Waals surface area contributed by atoms with Crippen molar-refractivity contribution in [1.82, 2.24) is 4.57 Å². The van der Waals surface area contributed by atoms with E-state index in [1.54, 1.807) is 0 Å². The lowest BCUT2D eigenvalue weighted by atomic mass is 9.90. The monoisotopic (exact) mass is 845 g/mol. The van der Waals surface area contributed by atoms with E-state index in [0.29, 0.717) is 12.3 Å². The lowest BCUT2D eigenvalue weighted by molar-refractivity contribution is 0.669. The maximum Gasteiger partial charge on any atom is 0.160 e. The maximum absolute atomic E-state index is 6.97. The van der Waals surface area contributed by atoms with Crippen LogP contribution >= 0.6 is 0 Å². The van der Waals surface area contributed by atoms with Crippen LogP contribution < -0.4 is 0 Å². The standard InChI is InChI=1S/C61H39N3O2/c1-36-28-31-51(62-61(45-23-12-18-37-14-4-6-19-41(37)45)63-59(36)47-24-13-27-56-58(47)46-22-9-11-26-55(46)65-56)50-34-49-44-30-29-38-15-5-7-20-42(38)60(44)66-57(49)35-54(50)64-52-25-10-8-21-43(52)48-32-39-16-2-3-17-40(39)33-53(48)64/h2-27,29-36H,28H2,1H3/b51-31+,62-61-,63-59+. The summed E-state index contributed by atoms with van der Waals surface area (Å²) in [4.78, 5) is 11.5. The van der Waals surface area contributed by atoms with Gasteiger partial charge in [-0.25, -0.2) is 9.98 Å². The van der Waals surface area contributed by atoms with Crippen LogP contribution in [-0.2, 0) is 0 Å². The summed E-state index contributed by atoms with van der Waals surface area (Å²) in [5.41, 5.74) is 11.5. The number of nitrogens with zero attached hydrogens (tertiary/aromatic N) is 3. The molecule has 1 atom stereocenters. The van der Waals surface area contributed by atoms with Gasteiger partial charge in [0.25, 0.3) is 0 Å². The van der Waals surface area contributed by atoms with Gasteiger partial charge in [-0.15, -0.1) is 0 Å². The van der Waals surface area contributed by atoms with Gasteiger partial charge in [0.1, 0.15) is 22.3 Å². The normalized spacial score (nSPS) is 17.2. The molecule has 1 aliphatic heterocycles. The predicted molar refractivity (Wildman–Crippen MR) is 276 cm³/mol. The number of rotatable bonds is 4. The van der Waals surface area contributed by atoms with Crippen molar-refractivity contribution in [2.24, 2.45) is 15.9 Å². The summed E-state index contributed by atoms with van der Waals surface area (Å²) in [6.07, 6.45) is 3.04. The molecule has 0 saturated carbocycles. The highest BCUT2D eigenvalue weighted by molar-refractivity contribution is 6.25. The molecule has 66 heavy (non-hydrogen) atoms. The molecule has 0 fully saturated rings. The van der Waals surface area contributed by atoms with Gasteiger partial charge in [-0.1, -0.05) is 159 Å². The molecule has 13 aromatic rings. The molecule has 310 valence electrons. The third kappa shape index (κ3) is 5.53. The van der Waals surface area contributed by atoms with E-state index in [1.807, 2.05) is 12.1 Å². The fourth-order valence-electron chi connectivity index (χ4n) is 10.7. The minimum absolute atomic E-state index is 0.0210. The van der Waals surface area contributed by atoms with Crippen molar-refractivity contribution in [3.05, 3.63) is 217 Å². The van der Waals surface area contributed by atoms with Crippen LogP contribution in [0.5, 0.6) is 0 Å². The van der Waals surface area contributed by atoms with E-state index in [0.717, 1.165) is 110 Å². The van der Waals surface area contributed by atoms with Crippen LogP contribution in [0.4, 0.5) is 0 Å². The molecule has 14 rings (SSSR count). The largest absolute Gasteiger partial charge is 0.456 e. The highest BCUT2D eigenvalue weighted by atomic mass is 16.3. The zero-order valence-corrected chi connectivity index (χ0v) is 36.0. The van der Waals surface area contributed by atoms with E-state index in [9.17, 15) is 0 Å². The lowest BCUT2D eigenvalue weighted by Crippen LogP contribution is -2.17. The first-order chi connectivity index (χ1) is 32.6. The maximum atomic E-state index is 6.97. The van der Waals surface area contributed by atoms with E-state index in [1.165, 1.54) is 21.5 Å². The summed E-state index contributed by atoms with van der Waals surface area (Å²) in [5, 5.41) is 13.5. The van der Waals surface area contributed by atoms with Gasteiger partial charge in [-0.2, -0.15) is 0 Å². The number of allylic oxidation sites excluding steroid dienone is 1. The molecule has 0 bridgehead atoms. The topological polar surface area (TPSA) is 55.9 Å². The predicted octanol–water partition coefficient (Wildman–Crippen LogP) is 16.4. The summed E-state index contributed by atoms with van der Waals surface area (Å²) < 4.78 is 15.8. The molecule has 0 spiro atoms. The number of fused-ring (bicyclic) bond motifs is 13. The quantitative estimate of drug-likeness (QED) is 0.177. The van der Waals surface area contributed by atoms with Gasteiger partial charge in [-0.05, 0) is 75.8 Å². The van der Waals surface area contributed by atoms with E-state index in [2.05, 4.69) is 200 Å². The summed E-state index contributed by atoms with van der Waals surface area (Å²) >= 11 is 0. The molecule has 10 aromatic carbocycles. The van der Waals surface area contributed by atoms with Crippen LogP contribution in [0.2, 0.25) is 0 Å². The molecule has 5 heteroatoms. The van der Waals surface area contributed by atoms with E-state index < -0.39 is 0 Å². The van der Waals surface area contributed by atoms with Crippen LogP contribution in [0.3, 0.4) is 0 Å². The zero-order chi connectivity index (χ0) is 43.5. The Morgan fingerprint density at radius 2 is 1.11 bits per heavy atom. The number of benzene rings is 10. The fraction of sp³-hybridized carbons (Fsp3) is 0.0492. The van der Waals surface area contributed by atoms with Gasteiger partial charge in [0, 0.05) is 66.4 Å². The molecule has 0 saturated heterocycles. The Labute approximate surface area is 378 Å². The molecule has 0 radical (unpaired) electrons. The highest BCUT2D eigenvalue weighted by Gasteiger charge is 2.26. The second-order valence-electron chi connectivity index (χ2n) is 17.7. The van der Waals surface area contributed by atoms with E-state index in [-0.39, 0.29) is 5.92 Å². The summed E-state index contributed by atoms with van der Waals surface area (Å²) in [6, 6.07) is 69.1. The number of furan rings is 2. The average Bonchev–Trinajstić information content (AvgIpc) is 4.03. The van der Waals surface area contributed by atoms with Crippen LogP contribution in [0.1, 0.15) is 30.0 Å². The Bertz CT molecular complexity index is 4280. The first-order valence-electron chi connectivity index (χ1n) is 22.7. The molecule has 0 N–H and O–H groups in total. The molecule has 0 aliphatic carbocycles. The second-order valence-corrected chi connectivity index (χ2v) is 17.7. The third-order valence-electron chi connectivity index (χ3n) is 13.8. The minimum Gasteiger partial charge on any atom is -0.456 e. The van der Waals surface area contributed by atoms with Crippen LogP contribution in [-0.4, -0.2) is 16.1 Å². The molecular weight excluding hydrogens is 807 g/mol. The molecule has 5 nitrogen and oxygen atoms in total. The van der Waals surface area contributed by atoms with Gasteiger partial charge in [-0.3, -0.25) is 0 Å². The third-order valence-corrected chi connectivity index (χ3v) is 13.8. The first kappa shape index (κ1) is 36.9. The fourth-order valence-corrected chi connectivity index (χ4v) is 10.7. The van der Waals surface area contributed by atoms with Crippen LogP contribution in [0.25, 0.3) is 109 Å². The Kier molecular flexibility index (Phi) is 7.96. The Morgan fingerprint density at radius 3 is 1.97 bits per heavy atom. The molecule has 0 amide bonds. The SMILES string of the molecule is CC1C/C=C(c2cc3c(cc2-n2c4ccccc4c4cc5ccccc5cc42)oc2c4ccccc4ccc32)/N=C(c2cccc3ccccc23)\N=C/1c1cccc2oc3ccccc3c12. The van der Waals surface area contributed by atoms with Gasteiger partial charge < -0.3 is 13.4 Å². The lowest BCUT2D eigenvalue weighted by Gasteiger charge is -2.21. The van der Waals surface area contributed by atoms with Crippen molar-refractivity contribution in [2.45, 2.75) is 13.3 Å². The van der Waals surface area contributed by atoms with Crippen molar-refractivity contribution >= 4 is 115 Å². The second kappa shape index (κ2) is 14.2. The number of aliphatic imine (C=N–C) groups is 2. The van der Waals surface area contributed by atoms with Crippen molar-refractivity contribution in [3.63, 3.8) is 0 Å².